The Morgan fingerprint density at radius 3 is 2.54 bits per heavy atom. The van der Waals surface area contributed by atoms with E-state index < -0.39 is 23.6 Å². The van der Waals surface area contributed by atoms with Crippen LogP contribution in [0.4, 0.5) is 24.7 Å². The van der Waals surface area contributed by atoms with Gasteiger partial charge in [0.2, 0.25) is 5.88 Å². The molecule has 9 nitrogen and oxygen atoms in total. The zero-order valence-corrected chi connectivity index (χ0v) is 18.7. The highest BCUT2D eigenvalue weighted by Gasteiger charge is 2.31. The number of amides is 2. The first kappa shape index (κ1) is 23.6. The van der Waals surface area contributed by atoms with Gasteiger partial charge < -0.3 is 19.8 Å². The smallest absolute Gasteiger partial charge is 0.416 e. The number of nitrogens with one attached hydrogen (secondary N) is 2. The third-order valence-corrected chi connectivity index (χ3v) is 5.05. The van der Waals surface area contributed by atoms with Gasteiger partial charge in [0, 0.05) is 23.4 Å². The average Bonchev–Trinajstić information content (AvgIpc) is 3.54. The van der Waals surface area contributed by atoms with E-state index in [1.165, 1.54) is 29.1 Å². The van der Waals surface area contributed by atoms with Gasteiger partial charge in [0.25, 0.3) is 11.8 Å². The van der Waals surface area contributed by atoms with Crippen molar-refractivity contribution >= 4 is 29.0 Å². The van der Waals surface area contributed by atoms with Crippen molar-refractivity contribution in [3.05, 3.63) is 102 Å². The predicted octanol–water partition coefficient (Wildman–Crippen LogP) is 5.64. The van der Waals surface area contributed by atoms with E-state index in [0.29, 0.717) is 17.1 Å². The van der Waals surface area contributed by atoms with E-state index in [4.69, 9.17) is 9.15 Å². The Labute approximate surface area is 206 Å². The highest BCUT2D eigenvalue weighted by atomic mass is 19.4. The zero-order chi connectivity index (χ0) is 26.0. The second-order valence-corrected chi connectivity index (χ2v) is 7.69. The van der Waals surface area contributed by atoms with Crippen LogP contribution in [0.2, 0.25) is 0 Å². The normalized spacial score (nSPS) is 11.3. The van der Waals surface area contributed by atoms with Crippen LogP contribution in [-0.2, 0) is 6.18 Å². The van der Waals surface area contributed by atoms with E-state index in [1.807, 2.05) is 0 Å². The molecule has 3 heterocycles. The predicted molar refractivity (Wildman–Crippen MR) is 126 cm³/mol. The topological polar surface area (TPSA) is 111 Å². The minimum Gasteiger partial charge on any atom is -0.459 e. The third-order valence-electron chi connectivity index (χ3n) is 5.05. The van der Waals surface area contributed by atoms with Crippen LogP contribution in [0.3, 0.4) is 0 Å². The first-order chi connectivity index (χ1) is 17.7. The molecule has 2 N–H and O–H groups in total. The number of anilines is 2. The van der Waals surface area contributed by atoms with Crippen molar-refractivity contribution in [2.45, 2.75) is 6.18 Å². The summed E-state index contributed by atoms with van der Waals surface area (Å²) in [6.45, 7) is 0. The van der Waals surface area contributed by atoms with Crippen molar-refractivity contribution in [1.29, 1.82) is 0 Å². The number of nitrogens with zero attached hydrogens (tertiary/aromatic N) is 3. The lowest BCUT2D eigenvalue weighted by Gasteiger charge is -2.08. The van der Waals surface area contributed by atoms with Crippen LogP contribution >= 0.6 is 0 Å². The molecule has 5 aromatic rings. The largest absolute Gasteiger partial charge is 0.459 e. The molecule has 0 saturated heterocycles. The van der Waals surface area contributed by atoms with Crippen LogP contribution in [0.5, 0.6) is 11.6 Å². The monoisotopic (exact) mass is 507 g/mol. The molecule has 0 aliphatic rings. The molecule has 5 rings (SSSR count). The maximum Gasteiger partial charge on any atom is 0.416 e. The lowest BCUT2D eigenvalue weighted by atomic mass is 10.1. The fourth-order valence-electron chi connectivity index (χ4n) is 3.36. The Morgan fingerprint density at radius 2 is 1.76 bits per heavy atom. The van der Waals surface area contributed by atoms with Crippen molar-refractivity contribution in [2.24, 2.45) is 0 Å². The van der Waals surface area contributed by atoms with Gasteiger partial charge in [-0.25, -0.2) is 9.50 Å². The molecule has 0 aliphatic heterocycles. The van der Waals surface area contributed by atoms with Gasteiger partial charge in [0.1, 0.15) is 5.75 Å². The summed E-state index contributed by atoms with van der Waals surface area (Å²) in [5, 5.41) is 9.44. The fourth-order valence-corrected chi connectivity index (χ4v) is 3.36. The Kier molecular flexibility index (Phi) is 6.05. The molecule has 0 radical (unpaired) electrons. The maximum absolute atomic E-state index is 12.9. The summed E-state index contributed by atoms with van der Waals surface area (Å²) in [5.74, 6) is -0.333. The number of hydrogen-bond donors (Lipinski definition) is 2. The molecule has 12 heteroatoms. The second-order valence-electron chi connectivity index (χ2n) is 7.69. The maximum atomic E-state index is 12.9. The summed E-state index contributed by atoms with van der Waals surface area (Å²) in [6.07, 6.45) is -1.77. The fraction of sp³-hybridized carbons (Fsp3) is 0.0400. The number of ether oxygens (including phenoxy) is 1. The number of alkyl halides is 3. The van der Waals surface area contributed by atoms with Gasteiger partial charge in [-0.15, -0.1) is 5.10 Å². The number of furan rings is 1. The van der Waals surface area contributed by atoms with Crippen LogP contribution in [0.25, 0.3) is 5.65 Å². The number of hydrogen-bond acceptors (Lipinski definition) is 6. The summed E-state index contributed by atoms with van der Waals surface area (Å²) in [7, 11) is 0. The molecule has 0 spiro atoms. The quantitative estimate of drug-likeness (QED) is 0.308. The number of halogens is 3. The van der Waals surface area contributed by atoms with Gasteiger partial charge in [0.15, 0.2) is 17.2 Å². The van der Waals surface area contributed by atoms with Crippen LogP contribution in [0, 0.1) is 0 Å². The van der Waals surface area contributed by atoms with Gasteiger partial charge in [0.05, 0.1) is 18.0 Å². The van der Waals surface area contributed by atoms with Crippen molar-refractivity contribution in [1.82, 2.24) is 14.6 Å². The van der Waals surface area contributed by atoms with Crippen molar-refractivity contribution in [2.75, 3.05) is 10.6 Å². The number of aromatic nitrogens is 3. The van der Waals surface area contributed by atoms with E-state index >= 15 is 0 Å². The Morgan fingerprint density at radius 1 is 0.919 bits per heavy atom. The number of benzene rings is 2. The molecule has 0 fully saturated rings. The van der Waals surface area contributed by atoms with Gasteiger partial charge in [-0.2, -0.15) is 13.2 Å². The molecule has 3 aromatic heterocycles. The van der Waals surface area contributed by atoms with Gasteiger partial charge in [-0.3, -0.25) is 9.59 Å². The van der Waals surface area contributed by atoms with Gasteiger partial charge in [-0.05, 0) is 48.5 Å². The molecule has 0 atom stereocenters. The Balaban J connectivity index is 1.29. The van der Waals surface area contributed by atoms with E-state index in [0.717, 1.165) is 18.2 Å². The lowest BCUT2D eigenvalue weighted by Crippen LogP contribution is -2.14. The summed E-state index contributed by atoms with van der Waals surface area (Å²) in [4.78, 5) is 28.8. The van der Waals surface area contributed by atoms with Gasteiger partial charge >= 0.3 is 6.18 Å². The number of fused-ring (bicyclic) bond motifs is 1. The summed E-state index contributed by atoms with van der Waals surface area (Å²) in [5.41, 5.74) is -0.251. The van der Waals surface area contributed by atoms with E-state index in [-0.39, 0.29) is 23.0 Å². The average molecular weight is 507 g/mol. The first-order valence-corrected chi connectivity index (χ1v) is 10.7. The van der Waals surface area contributed by atoms with Crippen molar-refractivity contribution < 1.29 is 31.9 Å². The zero-order valence-electron chi connectivity index (χ0n) is 18.7. The van der Waals surface area contributed by atoms with Crippen LogP contribution < -0.4 is 15.4 Å². The van der Waals surface area contributed by atoms with E-state index in [1.54, 1.807) is 42.5 Å². The van der Waals surface area contributed by atoms with E-state index in [9.17, 15) is 22.8 Å². The van der Waals surface area contributed by atoms with Crippen LogP contribution in [-0.4, -0.2) is 26.4 Å². The Bertz CT molecular complexity index is 1600. The molecule has 0 unspecified atom stereocenters. The minimum absolute atomic E-state index is 0.0923. The number of rotatable bonds is 6. The van der Waals surface area contributed by atoms with Crippen LogP contribution in [0.15, 0.2) is 89.7 Å². The first-order valence-electron chi connectivity index (χ1n) is 10.7. The Hall–Kier alpha value is -5.13. The molecule has 0 aliphatic carbocycles. The second kappa shape index (κ2) is 9.49. The minimum atomic E-state index is -4.57. The summed E-state index contributed by atoms with van der Waals surface area (Å²) >= 11 is 0. The summed E-state index contributed by atoms with van der Waals surface area (Å²) in [6, 6.07) is 17.0. The number of carbonyl (C=O) groups is 2. The highest BCUT2D eigenvalue weighted by Crippen LogP contribution is 2.30. The molecule has 0 saturated carbocycles. The number of carbonyl (C=O) groups excluding carboxylic acids is 2. The molecule has 37 heavy (non-hydrogen) atoms. The summed E-state index contributed by atoms with van der Waals surface area (Å²) < 4.78 is 51.0. The number of imidazole rings is 1. The molecule has 2 amide bonds. The van der Waals surface area contributed by atoms with E-state index in [2.05, 4.69) is 20.7 Å². The molecule has 2 aromatic carbocycles. The molecule has 186 valence electrons. The molecular weight excluding hydrogens is 491 g/mol. The molecular formula is C25H16F3N5O4. The van der Waals surface area contributed by atoms with Crippen molar-refractivity contribution in [3.63, 3.8) is 0 Å². The van der Waals surface area contributed by atoms with Crippen LogP contribution in [0.1, 0.15) is 26.5 Å². The lowest BCUT2D eigenvalue weighted by molar-refractivity contribution is -0.137. The van der Waals surface area contributed by atoms with Gasteiger partial charge in [-0.1, -0.05) is 12.1 Å². The SMILES string of the molecule is O=C(Nc1cn2nc(Oc3cccc(NC(=O)c4ccco4)c3)ccc2n1)c1cccc(C(F)(F)F)c1. The van der Waals surface area contributed by atoms with Crippen molar-refractivity contribution in [3.8, 4) is 11.6 Å². The molecule has 0 bridgehead atoms. The third kappa shape index (κ3) is 5.42. The standard InChI is InChI=1S/C25H16F3N5O4/c26-25(27,28)16-5-1-4-15(12-16)23(34)31-20-14-33-21(30-20)9-10-22(32-33)37-18-7-2-6-17(13-18)29-24(35)19-8-3-11-36-19/h1-14H,(H,29,35)(H,31,34). The highest BCUT2D eigenvalue weighted by molar-refractivity contribution is 6.04.